The molecule has 3 fully saturated rings. The highest BCUT2D eigenvalue weighted by Crippen LogP contribution is 2.61. The highest BCUT2D eigenvalue weighted by molar-refractivity contribution is 9.09. The molecule has 0 saturated carbocycles. The first-order valence-electron chi connectivity index (χ1n) is 13.7. The van der Waals surface area contributed by atoms with E-state index < -0.39 is 41.2 Å². The number of amides is 3. The molecule has 3 aliphatic rings. The summed E-state index contributed by atoms with van der Waals surface area (Å²) in [6, 6.07) is 14.4. The summed E-state index contributed by atoms with van der Waals surface area (Å²) >= 11 is 3.69. The number of ether oxygens (including phenoxy) is 2. The minimum atomic E-state index is -1.23. The molecule has 10 heteroatoms. The maximum Gasteiger partial charge on any atom is 0.246 e. The van der Waals surface area contributed by atoms with E-state index in [2.05, 4.69) is 26.6 Å². The summed E-state index contributed by atoms with van der Waals surface area (Å²) in [5, 5.41) is 16.5. The van der Waals surface area contributed by atoms with Gasteiger partial charge in [-0.1, -0.05) is 46.3 Å². The second kappa shape index (κ2) is 10.8. The molecule has 2 aromatic rings. The molecule has 3 amide bonds. The number of aliphatic hydroxyl groups excluding tert-OH is 1. The lowest BCUT2D eigenvalue weighted by atomic mass is 9.70. The normalized spacial score (nSPS) is 29.7. The lowest BCUT2D eigenvalue weighted by Gasteiger charge is -2.38. The van der Waals surface area contributed by atoms with E-state index in [1.807, 2.05) is 58.0 Å². The van der Waals surface area contributed by atoms with Crippen LogP contribution in [0.15, 0.2) is 54.6 Å². The molecule has 3 heterocycles. The van der Waals surface area contributed by atoms with Crippen LogP contribution in [0.3, 0.4) is 0 Å². The van der Waals surface area contributed by atoms with Crippen LogP contribution >= 0.6 is 15.9 Å². The van der Waals surface area contributed by atoms with Gasteiger partial charge in [-0.25, -0.2) is 0 Å². The molecule has 2 bridgehead atoms. The van der Waals surface area contributed by atoms with Crippen LogP contribution in [0.2, 0.25) is 0 Å². The molecule has 5 rings (SSSR count). The number of halogens is 1. The summed E-state index contributed by atoms with van der Waals surface area (Å²) < 4.78 is 12.1. The maximum atomic E-state index is 14.4. The van der Waals surface area contributed by atoms with E-state index >= 15 is 0 Å². The van der Waals surface area contributed by atoms with E-state index in [1.54, 1.807) is 24.3 Å². The monoisotopic (exact) mass is 613 g/mol. The van der Waals surface area contributed by atoms with Crippen molar-refractivity contribution in [2.45, 2.75) is 68.3 Å². The zero-order valence-corrected chi connectivity index (χ0v) is 24.7. The van der Waals surface area contributed by atoms with Gasteiger partial charge in [0.2, 0.25) is 17.7 Å². The maximum absolute atomic E-state index is 14.4. The molecule has 0 radical (unpaired) electrons. The van der Waals surface area contributed by atoms with E-state index in [1.165, 1.54) is 4.90 Å². The van der Waals surface area contributed by atoms with Gasteiger partial charge in [-0.05, 0) is 63.9 Å². The van der Waals surface area contributed by atoms with Gasteiger partial charge in [0.15, 0.2) is 0 Å². The Hall–Kier alpha value is -2.95. The van der Waals surface area contributed by atoms with Crippen molar-refractivity contribution in [2.75, 3.05) is 18.5 Å². The highest BCUT2D eigenvalue weighted by Gasteiger charge is 2.77. The first-order chi connectivity index (χ1) is 19.0. The molecule has 214 valence electrons. The third-order valence-electron chi connectivity index (χ3n) is 7.90. The van der Waals surface area contributed by atoms with Crippen LogP contribution < -0.4 is 15.4 Å². The lowest BCUT2D eigenvalue weighted by molar-refractivity contribution is -0.146. The minimum Gasteiger partial charge on any atom is -0.494 e. The number of rotatable bonds is 8. The van der Waals surface area contributed by atoms with E-state index in [0.717, 1.165) is 0 Å². The number of aliphatic hydroxyl groups is 1. The average Bonchev–Trinajstić information content (AvgIpc) is 3.49. The van der Waals surface area contributed by atoms with Crippen molar-refractivity contribution in [3.05, 3.63) is 60.2 Å². The van der Waals surface area contributed by atoms with Crippen molar-refractivity contribution in [3.63, 3.8) is 0 Å². The summed E-state index contributed by atoms with van der Waals surface area (Å²) in [5.41, 5.74) is -0.535. The zero-order valence-electron chi connectivity index (χ0n) is 23.1. The minimum absolute atomic E-state index is 0.234. The van der Waals surface area contributed by atoms with Crippen LogP contribution in [0.25, 0.3) is 0 Å². The number of hydrogen-bond donors (Lipinski definition) is 3. The van der Waals surface area contributed by atoms with Gasteiger partial charge in [0.05, 0.1) is 37.2 Å². The van der Waals surface area contributed by atoms with Crippen LogP contribution in [-0.2, 0) is 19.1 Å². The Morgan fingerprint density at radius 2 is 1.82 bits per heavy atom. The van der Waals surface area contributed by atoms with E-state index in [9.17, 15) is 19.5 Å². The van der Waals surface area contributed by atoms with Crippen molar-refractivity contribution in [3.8, 4) is 5.75 Å². The molecule has 3 aliphatic heterocycles. The number of nitrogens with one attached hydrogen (secondary N) is 2. The number of carbonyl (C=O) groups is 3. The van der Waals surface area contributed by atoms with Gasteiger partial charge in [-0.15, -0.1) is 0 Å². The lowest BCUT2D eigenvalue weighted by Crippen LogP contribution is -2.59. The Morgan fingerprint density at radius 3 is 2.42 bits per heavy atom. The fourth-order valence-corrected chi connectivity index (χ4v) is 7.44. The molecule has 3 N–H and O–H groups in total. The van der Waals surface area contributed by atoms with Crippen LogP contribution in [0.4, 0.5) is 5.69 Å². The van der Waals surface area contributed by atoms with Crippen molar-refractivity contribution in [2.24, 2.45) is 11.8 Å². The van der Waals surface area contributed by atoms with Crippen LogP contribution in [0.1, 0.15) is 45.7 Å². The highest BCUT2D eigenvalue weighted by atomic mass is 79.9. The summed E-state index contributed by atoms with van der Waals surface area (Å²) in [5.74, 6) is -2.12. The number of benzene rings is 2. The van der Waals surface area contributed by atoms with Crippen molar-refractivity contribution < 1.29 is 29.0 Å². The first-order valence-corrected chi connectivity index (χ1v) is 14.6. The zero-order chi connectivity index (χ0) is 28.8. The standard InChI is InChI=1S/C30H36BrN3O6/c1-5-39-19-13-11-18(12-14-19)32-26(36)22-23-28(38)34(21(16-35)17-9-7-6-8-10-17)25(27(37)33-29(2,3)4)30(23)15-20(31)24(22)40-30/h6-14,20-25,35H,5,15-16H2,1-4H3,(H,32,36)(H,33,37)/t20?,21-,22+,23+,24+,25?,30?/m1/s1. The fourth-order valence-electron chi connectivity index (χ4n) is 6.50. The molecule has 0 aliphatic carbocycles. The van der Waals surface area contributed by atoms with Gasteiger partial charge in [0.25, 0.3) is 0 Å². The topological polar surface area (TPSA) is 117 Å². The Morgan fingerprint density at radius 1 is 1.15 bits per heavy atom. The van der Waals surface area contributed by atoms with E-state index in [0.29, 0.717) is 30.0 Å². The second-order valence-electron chi connectivity index (χ2n) is 11.7. The summed E-state index contributed by atoms with van der Waals surface area (Å²) in [6.45, 7) is 7.65. The van der Waals surface area contributed by atoms with Crippen molar-refractivity contribution >= 4 is 39.3 Å². The molecule has 0 aromatic heterocycles. The van der Waals surface area contributed by atoms with Crippen LogP contribution in [-0.4, -0.2) is 69.1 Å². The smallest absolute Gasteiger partial charge is 0.246 e. The second-order valence-corrected chi connectivity index (χ2v) is 12.9. The van der Waals surface area contributed by atoms with Gasteiger partial charge in [-0.3, -0.25) is 14.4 Å². The number of nitrogens with zero attached hydrogens (tertiary/aromatic N) is 1. The van der Waals surface area contributed by atoms with Gasteiger partial charge in [0, 0.05) is 16.1 Å². The summed E-state index contributed by atoms with van der Waals surface area (Å²) in [6.07, 6.45) is -0.208. The molecule has 1 spiro atoms. The predicted octanol–water partition coefficient (Wildman–Crippen LogP) is 3.42. The Balaban J connectivity index is 1.53. The molecule has 40 heavy (non-hydrogen) atoms. The van der Waals surface area contributed by atoms with Gasteiger partial charge >= 0.3 is 0 Å². The first kappa shape index (κ1) is 28.6. The van der Waals surface area contributed by atoms with Crippen LogP contribution in [0, 0.1) is 11.8 Å². The molecule has 2 aromatic carbocycles. The fraction of sp³-hybridized carbons (Fsp3) is 0.500. The Kier molecular flexibility index (Phi) is 7.71. The number of anilines is 1. The molecular weight excluding hydrogens is 578 g/mol. The molecule has 9 nitrogen and oxygen atoms in total. The Labute approximate surface area is 242 Å². The third kappa shape index (κ3) is 4.90. The van der Waals surface area contributed by atoms with Crippen molar-refractivity contribution in [1.82, 2.24) is 10.2 Å². The summed E-state index contributed by atoms with van der Waals surface area (Å²) in [4.78, 5) is 43.3. The molecular formula is C30H36BrN3O6. The van der Waals surface area contributed by atoms with Gasteiger partial charge in [-0.2, -0.15) is 0 Å². The number of carbonyl (C=O) groups excluding carboxylic acids is 3. The van der Waals surface area contributed by atoms with Gasteiger partial charge in [0.1, 0.15) is 17.4 Å². The van der Waals surface area contributed by atoms with E-state index in [4.69, 9.17) is 9.47 Å². The average molecular weight is 615 g/mol. The quantitative estimate of drug-likeness (QED) is 0.393. The molecule has 3 saturated heterocycles. The predicted molar refractivity (Wildman–Crippen MR) is 153 cm³/mol. The molecule has 7 atom stereocenters. The van der Waals surface area contributed by atoms with Crippen LogP contribution in [0.5, 0.6) is 5.75 Å². The van der Waals surface area contributed by atoms with Gasteiger partial charge < -0.3 is 30.1 Å². The van der Waals surface area contributed by atoms with Crippen molar-refractivity contribution in [1.29, 1.82) is 0 Å². The largest absolute Gasteiger partial charge is 0.494 e. The number of fused-ring (bicyclic) bond motifs is 1. The summed E-state index contributed by atoms with van der Waals surface area (Å²) in [7, 11) is 0. The SMILES string of the molecule is CCOc1ccc(NC(=O)[C@H]2[C@H]3C(=O)N([C@H](CO)c4ccccc4)C(C(=O)NC(C)(C)C)C34CC(Br)[C@@H]2O4)cc1. The number of alkyl halides is 1. The third-order valence-corrected chi connectivity index (χ3v) is 8.75. The number of likely N-dealkylation sites (tertiary alicyclic amines) is 1. The number of hydrogen-bond acceptors (Lipinski definition) is 6. The Bertz CT molecular complexity index is 1270. The van der Waals surface area contributed by atoms with E-state index in [-0.39, 0.29) is 29.2 Å². The molecule has 3 unspecified atom stereocenters.